The third kappa shape index (κ3) is 4.06. The molecule has 0 saturated heterocycles. The van der Waals surface area contributed by atoms with E-state index in [9.17, 15) is 9.59 Å². The molecule has 3 atom stereocenters. The van der Waals surface area contributed by atoms with Gasteiger partial charge in [0.15, 0.2) is 5.56 Å². The Labute approximate surface area is 109 Å². The topological polar surface area (TPSA) is 63.6 Å². The van der Waals surface area contributed by atoms with Gasteiger partial charge in [0.2, 0.25) is 0 Å². The lowest BCUT2D eigenvalue weighted by atomic mass is 9.84. The maximum atomic E-state index is 11.7. The van der Waals surface area contributed by atoms with E-state index in [1.165, 1.54) is 6.08 Å². The van der Waals surface area contributed by atoms with E-state index < -0.39 is 29.3 Å². The van der Waals surface area contributed by atoms with Crippen LogP contribution in [0.3, 0.4) is 0 Å². The van der Waals surface area contributed by atoms with Crippen molar-refractivity contribution in [2.75, 3.05) is 0 Å². The van der Waals surface area contributed by atoms with Crippen LogP contribution in [0, 0.1) is 11.8 Å². The lowest BCUT2D eigenvalue weighted by Gasteiger charge is -2.23. The zero-order chi connectivity index (χ0) is 12.8. The molecule has 0 bridgehead atoms. The predicted octanol–water partition coefficient (Wildman–Crippen LogP) is 2.51. The molecule has 0 aromatic rings. The lowest BCUT2D eigenvalue weighted by Crippen LogP contribution is -2.32. The predicted molar refractivity (Wildman–Crippen MR) is 63.7 cm³/mol. The molecule has 0 amide bonds. The summed E-state index contributed by atoms with van der Waals surface area (Å²) in [5.74, 6) is -3.19. The summed E-state index contributed by atoms with van der Waals surface area (Å²) in [4.78, 5) is 22.7. The Morgan fingerprint density at radius 2 is 2.24 bits per heavy atom. The van der Waals surface area contributed by atoms with Gasteiger partial charge in [-0.1, -0.05) is 35.4 Å². The minimum absolute atomic E-state index is 0.421. The lowest BCUT2D eigenvalue weighted by molar-refractivity contribution is -0.156. The maximum absolute atomic E-state index is 11.7. The number of carboxylic acid groups (broad SMARTS) is 1. The van der Waals surface area contributed by atoms with Crippen LogP contribution in [-0.2, 0) is 14.3 Å². The SMILES string of the molecule is O=C(OC(Cl)C=CCl)C1C=CCCC1C(=O)O. The van der Waals surface area contributed by atoms with Crippen LogP contribution in [0.25, 0.3) is 0 Å². The Balaban J connectivity index is 2.68. The zero-order valence-electron chi connectivity index (χ0n) is 8.88. The van der Waals surface area contributed by atoms with Crippen molar-refractivity contribution in [2.24, 2.45) is 11.8 Å². The second-order valence-electron chi connectivity index (χ2n) is 3.58. The fourth-order valence-corrected chi connectivity index (χ4v) is 2.01. The molecule has 17 heavy (non-hydrogen) atoms. The number of aliphatic carboxylic acids is 1. The normalized spacial score (nSPS) is 25.8. The Morgan fingerprint density at radius 1 is 1.53 bits per heavy atom. The largest absolute Gasteiger partial charge is 0.481 e. The number of ether oxygens (including phenoxy) is 1. The molecule has 1 rings (SSSR count). The number of hydrogen-bond acceptors (Lipinski definition) is 3. The van der Waals surface area contributed by atoms with Crippen molar-refractivity contribution < 1.29 is 19.4 Å². The summed E-state index contributed by atoms with van der Waals surface area (Å²) in [5.41, 5.74) is 0.154. The summed E-state index contributed by atoms with van der Waals surface area (Å²) in [5, 5.41) is 8.99. The molecule has 0 radical (unpaired) electrons. The smallest absolute Gasteiger partial charge is 0.315 e. The van der Waals surface area contributed by atoms with Crippen molar-refractivity contribution in [3.8, 4) is 0 Å². The first-order valence-electron chi connectivity index (χ1n) is 5.07. The van der Waals surface area contributed by atoms with Gasteiger partial charge in [0.25, 0.3) is 0 Å². The molecule has 94 valence electrons. The first-order valence-corrected chi connectivity index (χ1v) is 5.94. The van der Waals surface area contributed by atoms with E-state index in [2.05, 4.69) is 0 Å². The molecule has 0 saturated carbocycles. The van der Waals surface area contributed by atoms with Crippen LogP contribution in [-0.4, -0.2) is 22.6 Å². The fraction of sp³-hybridized carbons (Fsp3) is 0.455. The molecular formula is C11H12Cl2O4. The van der Waals surface area contributed by atoms with Crippen molar-refractivity contribution in [1.82, 2.24) is 0 Å². The van der Waals surface area contributed by atoms with Gasteiger partial charge in [-0.25, -0.2) is 0 Å². The number of carbonyl (C=O) groups excluding carboxylic acids is 1. The number of rotatable bonds is 4. The first kappa shape index (κ1) is 14.1. The van der Waals surface area contributed by atoms with E-state index in [0.717, 1.165) is 5.54 Å². The van der Waals surface area contributed by atoms with Crippen molar-refractivity contribution >= 4 is 35.1 Å². The monoisotopic (exact) mass is 278 g/mol. The number of allylic oxidation sites excluding steroid dienone is 1. The van der Waals surface area contributed by atoms with Gasteiger partial charge in [-0.3, -0.25) is 9.59 Å². The van der Waals surface area contributed by atoms with E-state index in [1.54, 1.807) is 12.2 Å². The standard InChI is InChI=1S/C11H12Cl2O4/c12-6-5-9(13)17-11(16)8-4-2-1-3-7(8)10(14)15/h2,4-9H,1,3H2,(H,14,15). The van der Waals surface area contributed by atoms with Crippen molar-refractivity contribution in [3.05, 3.63) is 23.8 Å². The maximum Gasteiger partial charge on any atom is 0.315 e. The molecule has 6 heteroatoms. The second kappa shape index (κ2) is 6.67. The molecule has 3 unspecified atom stereocenters. The van der Waals surface area contributed by atoms with E-state index >= 15 is 0 Å². The summed E-state index contributed by atoms with van der Waals surface area (Å²) in [6, 6.07) is 0. The number of alkyl halides is 1. The fourth-order valence-electron chi connectivity index (χ4n) is 1.64. The van der Waals surface area contributed by atoms with Crippen LogP contribution in [0.5, 0.6) is 0 Å². The van der Waals surface area contributed by atoms with Gasteiger partial charge in [0, 0.05) is 5.54 Å². The Hall–Kier alpha value is -1.00. The van der Waals surface area contributed by atoms with Crippen molar-refractivity contribution in [1.29, 1.82) is 0 Å². The minimum Gasteiger partial charge on any atom is -0.481 e. The van der Waals surface area contributed by atoms with E-state index in [1.807, 2.05) is 0 Å². The zero-order valence-corrected chi connectivity index (χ0v) is 10.4. The van der Waals surface area contributed by atoms with Gasteiger partial charge in [0.1, 0.15) is 0 Å². The molecule has 0 aliphatic heterocycles. The van der Waals surface area contributed by atoms with Gasteiger partial charge in [-0.15, -0.1) is 0 Å². The molecule has 0 spiro atoms. The highest BCUT2D eigenvalue weighted by molar-refractivity contribution is 6.27. The molecular weight excluding hydrogens is 267 g/mol. The number of carboxylic acids is 1. The molecule has 1 N–H and O–H groups in total. The third-order valence-electron chi connectivity index (χ3n) is 2.46. The third-order valence-corrected chi connectivity index (χ3v) is 2.84. The molecule has 0 fully saturated rings. The van der Waals surface area contributed by atoms with E-state index in [4.69, 9.17) is 33.0 Å². The molecule has 1 aliphatic carbocycles. The molecule has 0 aromatic heterocycles. The molecule has 4 nitrogen and oxygen atoms in total. The summed E-state index contributed by atoms with van der Waals surface area (Å²) in [6.45, 7) is 0. The average molecular weight is 279 g/mol. The van der Waals surface area contributed by atoms with Crippen molar-refractivity contribution in [3.63, 3.8) is 0 Å². The Morgan fingerprint density at radius 3 is 2.82 bits per heavy atom. The highest BCUT2D eigenvalue weighted by Gasteiger charge is 2.34. The van der Waals surface area contributed by atoms with Crippen LogP contribution < -0.4 is 0 Å². The van der Waals surface area contributed by atoms with Gasteiger partial charge in [0.05, 0.1) is 11.8 Å². The summed E-state index contributed by atoms with van der Waals surface area (Å²) >= 11 is 10.9. The number of hydrogen-bond donors (Lipinski definition) is 1. The van der Waals surface area contributed by atoms with Gasteiger partial charge in [-0.05, 0) is 18.9 Å². The number of halogens is 2. The van der Waals surface area contributed by atoms with Crippen LogP contribution in [0.2, 0.25) is 0 Å². The van der Waals surface area contributed by atoms with Crippen LogP contribution >= 0.6 is 23.2 Å². The molecule has 0 heterocycles. The first-order chi connectivity index (χ1) is 8.06. The summed E-state index contributed by atoms with van der Waals surface area (Å²) in [7, 11) is 0. The van der Waals surface area contributed by atoms with Gasteiger partial charge >= 0.3 is 11.9 Å². The van der Waals surface area contributed by atoms with Crippen LogP contribution in [0.1, 0.15) is 12.8 Å². The van der Waals surface area contributed by atoms with Gasteiger partial charge < -0.3 is 9.84 Å². The highest BCUT2D eigenvalue weighted by atomic mass is 35.5. The Kier molecular flexibility index (Phi) is 5.51. The van der Waals surface area contributed by atoms with Crippen LogP contribution in [0.15, 0.2) is 23.8 Å². The Bertz CT molecular complexity index is 351. The quantitative estimate of drug-likeness (QED) is 0.488. The minimum atomic E-state index is -1.00. The summed E-state index contributed by atoms with van der Waals surface area (Å²) < 4.78 is 4.85. The second-order valence-corrected chi connectivity index (χ2v) is 4.26. The number of carbonyl (C=O) groups is 2. The average Bonchev–Trinajstić information content (AvgIpc) is 2.29. The van der Waals surface area contributed by atoms with Gasteiger partial charge in [-0.2, -0.15) is 0 Å². The molecule has 1 aliphatic rings. The highest BCUT2D eigenvalue weighted by Crippen LogP contribution is 2.26. The molecule has 0 aromatic carbocycles. The van der Waals surface area contributed by atoms with E-state index in [0.29, 0.717) is 12.8 Å². The number of esters is 1. The van der Waals surface area contributed by atoms with Crippen LogP contribution in [0.4, 0.5) is 0 Å². The van der Waals surface area contributed by atoms with Crippen molar-refractivity contribution in [2.45, 2.75) is 18.4 Å². The summed E-state index contributed by atoms with van der Waals surface area (Å²) in [6.07, 6.45) is 5.67. The van der Waals surface area contributed by atoms with E-state index in [-0.39, 0.29) is 0 Å².